The summed E-state index contributed by atoms with van der Waals surface area (Å²) in [6.07, 6.45) is 5.65. The van der Waals surface area contributed by atoms with E-state index in [1.54, 1.807) is 0 Å². The molecule has 0 aliphatic heterocycles. The van der Waals surface area contributed by atoms with Crippen molar-refractivity contribution in [2.75, 3.05) is 6.61 Å². The zero-order valence-corrected chi connectivity index (χ0v) is 24.9. The van der Waals surface area contributed by atoms with E-state index >= 15 is 0 Å². The highest BCUT2D eigenvalue weighted by molar-refractivity contribution is 5.94. The minimum atomic E-state index is -1.65. The lowest BCUT2D eigenvalue weighted by Gasteiger charge is -2.59. The van der Waals surface area contributed by atoms with E-state index in [4.69, 9.17) is 19.7 Å². The number of hydrogen-bond acceptors (Lipinski definition) is 9. The Kier molecular flexibility index (Phi) is 9.18. The van der Waals surface area contributed by atoms with E-state index in [0.29, 0.717) is 37.5 Å². The minimum Gasteiger partial charge on any atom is -0.481 e. The molecule has 3 saturated carbocycles. The lowest BCUT2D eigenvalue weighted by atomic mass is 9.46. The molecule has 4 rings (SSSR count). The van der Waals surface area contributed by atoms with Crippen LogP contribution in [0.5, 0.6) is 0 Å². The molecule has 43 heavy (non-hydrogen) atoms. The number of carbonyl (C=O) groups excluding carboxylic acids is 5. The molecule has 4 aliphatic rings. The van der Waals surface area contributed by atoms with E-state index < -0.39 is 78.5 Å². The fraction of sp³-hybridized carbons (Fsp3) is 0.710. The second-order valence-corrected chi connectivity index (χ2v) is 13.0. The summed E-state index contributed by atoms with van der Waals surface area (Å²) in [5.41, 5.74) is -0.956. The summed E-state index contributed by atoms with van der Waals surface area (Å²) < 4.78 is 11.1. The van der Waals surface area contributed by atoms with E-state index in [2.05, 4.69) is 6.92 Å². The topological polar surface area (TPSA) is 190 Å². The number of ether oxygens (including phenoxy) is 2. The highest BCUT2D eigenvalue weighted by Gasteiger charge is 2.68. The number of fused-ring (bicyclic) bond motifs is 5. The molecule has 4 aliphatic carbocycles. The van der Waals surface area contributed by atoms with Gasteiger partial charge in [0.05, 0.1) is 12.8 Å². The van der Waals surface area contributed by atoms with E-state index in [1.807, 2.05) is 18.3 Å². The van der Waals surface area contributed by atoms with Gasteiger partial charge in [0.15, 0.2) is 18.0 Å². The SMILES string of the molecule is CC(=O)O[C@]1(C(=O)COC(=O)CCC(=O)N[C@H](CC(=O)O)C(=O)O)CC[C@H]2[C@@H]3CCC4=CC(=O)CC[C@]4(C)[C@H]3CC[C@@]21C. The van der Waals surface area contributed by atoms with Crippen molar-refractivity contribution < 1.29 is 53.2 Å². The van der Waals surface area contributed by atoms with Crippen molar-refractivity contribution in [2.45, 2.75) is 103 Å². The van der Waals surface area contributed by atoms with E-state index in [9.17, 15) is 33.6 Å². The number of allylic oxidation sites excluding steroid dienone is 1. The van der Waals surface area contributed by atoms with Crippen LogP contribution in [0.15, 0.2) is 11.6 Å². The first-order valence-electron chi connectivity index (χ1n) is 15.0. The quantitative estimate of drug-likeness (QED) is 0.294. The number of carbonyl (C=O) groups is 7. The molecule has 0 spiro atoms. The molecule has 0 heterocycles. The zero-order valence-electron chi connectivity index (χ0n) is 24.9. The molecule has 3 fully saturated rings. The fourth-order valence-corrected chi connectivity index (χ4v) is 8.68. The molecule has 12 nitrogen and oxygen atoms in total. The van der Waals surface area contributed by atoms with Crippen LogP contribution in [0.1, 0.15) is 91.4 Å². The van der Waals surface area contributed by atoms with Crippen LogP contribution in [-0.2, 0) is 43.0 Å². The van der Waals surface area contributed by atoms with Crippen LogP contribution >= 0.6 is 0 Å². The van der Waals surface area contributed by atoms with E-state index in [-0.39, 0.29) is 17.1 Å². The third kappa shape index (κ3) is 6.10. The van der Waals surface area contributed by atoms with Crippen molar-refractivity contribution in [1.29, 1.82) is 0 Å². The number of ketones is 2. The molecule has 0 radical (unpaired) electrons. The Hall–Kier alpha value is -3.57. The fourth-order valence-electron chi connectivity index (χ4n) is 8.68. The first kappa shape index (κ1) is 32.3. The van der Waals surface area contributed by atoms with Gasteiger partial charge in [-0.2, -0.15) is 0 Å². The zero-order chi connectivity index (χ0) is 31.7. The maximum Gasteiger partial charge on any atom is 0.326 e. The van der Waals surface area contributed by atoms with Crippen LogP contribution in [0.2, 0.25) is 0 Å². The Bertz CT molecular complexity index is 1260. The van der Waals surface area contributed by atoms with Crippen LogP contribution in [0, 0.1) is 28.6 Å². The lowest BCUT2D eigenvalue weighted by Crippen LogP contribution is -2.59. The maximum absolute atomic E-state index is 13.8. The third-order valence-corrected chi connectivity index (χ3v) is 10.8. The monoisotopic (exact) mass is 603 g/mol. The summed E-state index contributed by atoms with van der Waals surface area (Å²) in [5.74, 6) is -4.80. The highest BCUT2D eigenvalue weighted by atomic mass is 16.6. The van der Waals surface area contributed by atoms with Crippen molar-refractivity contribution in [2.24, 2.45) is 28.6 Å². The van der Waals surface area contributed by atoms with Crippen LogP contribution in [0.25, 0.3) is 0 Å². The number of amides is 1. The summed E-state index contributed by atoms with van der Waals surface area (Å²) in [7, 11) is 0. The van der Waals surface area contributed by atoms with Crippen LogP contribution in [-0.4, -0.2) is 69.8 Å². The largest absolute Gasteiger partial charge is 0.481 e. The Morgan fingerprint density at radius 1 is 0.977 bits per heavy atom. The number of nitrogens with one attached hydrogen (secondary N) is 1. The van der Waals surface area contributed by atoms with Crippen molar-refractivity contribution in [3.8, 4) is 0 Å². The Morgan fingerprint density at radius 2 is 1.67 bits per heavy atom. The van der Waals surface area contributed by atoms with Gasteiger partial charge in [-0.25, -0.2) is 4.79 Å². The van der Waals surface area contributed by atoms with Crippen molar-refractivity contribution in [1.82, 2.24) is 5.32 Å². The number of Topliss-reactive ketones (excluding diaryl/α,β-unsaturated/α-hetero) is 1. The van der Waals surface area contributed by atoms with Gasteiger partial charge in [-0.15, -0.1) is 0 Å². The van der Waals surface area contributed by atoms with Gasteiger partial charge in [-0.3, -0.25) is 28.8 Å². The van der Waals surface area contributed by atoms with E-state index in [0.717, 1.165) is 25.7 Å². The smallest absolute Gasteiger partial charge is 0.326 e. The molecule has 0 aromatic heterocycles. The molecule has 0 aromatic rings. The molecule has 236 valence electrons. The van der Waals surface area contributed by atoms with E-state index in [1.165, 1.54) is 12.5 Å². The number of carboxylic acid groups (broad SMARTS) is 2. The standard InChI is InChI=1S/C31H41NO11/c1-17(33)43-31(24(35)16-42-27(39)7-6-25(36)32-23(28(40)41)15-26(37)38)13-10-22-20-5-4-18-14-19(34)8-11-29(18,2)21(20)9-12-30(22,31)3/h14,20-23H,4-13,15-16H2,1-3H3,(H,32,36)(H,37,38)(H,40,41)/t20-,21+,22+,23-,29+,30+,31+/m1/s1. The molecule has 0 unspecified atom stereocenters. The molecular weight excluding hydrogens is 562 g/mol. The predicted molar refractivity (Wildman–Crippen MR) is 148 cm³/mol. The number of hydrogen-bond donors (Lipinski definition) is 3. The van der Waals surface area contributed by atoms with Gasteiger partial charge in [0, 0.05) is 25.2 Å². The van der Waals surface area contributed by atoms with Crippen LogP contribution in [0.3, 0.4) is 0 Å². The average Bonchev–Trinajstić information content (AvgIpc) is 3.22. The molecule has 0 bridgehead atoms. The van der Waals surface area contributed by atoms with Gasteiger partial charge in [0.2, 0.25) is 11.7 Å². The lowest BCUT2D eigenvalue weighted by molar-refractivity contribution is -0.191. The third-order valence-electron chi connectivity index (χ3n) is 10.8. The molecular formula is C31H41NO11. The second-order valence-electron chi connectivity index (χ2n) is 13.0. The number of aliphatic carboxylic acids is 2. The van der Waals surface area contributed by atoms with Gasteiger partial charge >= 0.3 is 23.9 Å². The molecule has 7 atom stereocenters. The van der Waals surface area contributed by atoms with Crippen molar-refractivity contribution in [3.05, 3.63) is 11.6 Å². The first-order chi connectivity index (χ1) is 20.1. The first-order valence-corrected chi connectivity index (χ1v) is 15.0. The highest BCUT2D eigenvalue weighted by Crippen LogP contribution is 2.68. The summed E-state index contributed by atoms with van der Waals surface area (Å²) in [6.45, 7) is 4.88. The van der Waals surface area contributed by atoms with Gasteiger partial charge in [-0.05, 0) is 74.2 Å². The maximum atomic E-state index is 13.8. The van der Waals surface area contributed by atoms with Crippen LogP contribution in [0.4, 0.5) is 0 Å². The van der Waals surface area contributed by atoms with Crippen molar-refractivity contribution in [3.63, 3.8) is 0 Å². The molecule has 0 saturated heterocycles. The van der Waals surface area contributed by atoms with Crippen molar-refractivity contribution >= 4 is 41.4 Å². The Labute approximate surface area is 249 Å². The summed E-state index contributed by atoms with van der Waals surface area (Å²) >= 11 is 0. The number of esters is 2. The summed E-state index contributed by atoms with van der Waals surface area (Å²) in [4.78, 5) is 84.8. The predicted octanol–water partition coefficient (Wildman–Crippen LogP) is 2.76. The molecule has 3 N–H and O–H groups in total. The Balaban J connectivity index is 1.42. The Morgan fingerprint density at radius 3 is 2.33 bits per heavy atom. The summed E-state index contributed by atoms with van der Waals surface area (Å²) in [5, 5.41) is 19.9. The molecule has 12 heteroatoms. The number of rotatable bonds is 11. The average molecular weight is 604 g/mol. The minimum absolute atomic E-state index is 0.0607. The normalized spacial score (nSPS) is 33.5. The molecule has 0 aromatic carbocycles. The van der Waals surface area contributed by atoms with Gasteiger partial charge in [-0.1, -0.05) is 19.4 Å². The summed E-state index contributed by atoms with van der Waals surface area (Å²) in [6, 6.07) is -1.65. The van der Waals surface area contributed by atoms with Gasteiger partial charge in [0.1, 0.15) is 6.04 Å². The van der Waals surface area contributed by atoms with Gasteiger partial charge in [0.25, 0.3) is 0 Å². The number of carboxylic acids is 2. The second kappa shape index (κ2) is 12.2. The molecule has 1 amide bonds. The van der Waals surface area contributed by atoms with Crippen LogP contribution < -0.4 is 5.32 Å². The van der Waals surface area contributed by atoms with Gasteiger partial charge < -0.3 is 25.0 Å².